The van der Waals surface area contributed by atoms with E-state index in [1.54, 1.807) is 37.3 Å². The molecular formula is C23H22BrN3O5. The van der Waals surface area contributed by atoms with Gasteiger partial charge in [0, 0.05) is 16.9 Å². The number of rotatable bonds is 5. The first-order chi connectivity index (χ1) is 15.3. The SMILES string of the molecule is CCOC(=O)c1ccccc1NC(=O)C[C@H]1[C@H](C)Cc2cc(Br)cc3[nH]c(=O)c(=O)n1c23. The van der Waals surface area contributed by atoms with Crippen molar-refractivity contribution in [1.29, 1.82) is 0 Å². The molecule has 1 amide bonds. The van der Waals surface area contributed by atoms with Gasteiger partial charge in [-0.1, -0.05) is 35.0 Å². The van der Waals surface area contributed by atoms with Gasteiger partial charge in [0.1, 0.15) is 0 Å². The Morgan fingerprint density at radius 2 is 2.00 bits per heavy atom. The molecule has 0 spiro atoms. The summed E-state index contributed by atoms with van der Waals surface area (Å²) in [6, 6.07) is 9.77. The minimum atomic E-state index is -0.728. The van der Waals surface area contributed by atoms with E-state index < -0.39 is 23.1 Å². The number of benzene rings is 2. The Hall–Kier alpha value is -3.20. The van der Waals surface area contributed by atoms with Crippen molar-refractivity contribution in [2.45, 2.75) is 32.7 Å². The van der Waals surface area contributed by atoms with Crippen LogP contribution >= 0.6 is 15.9 Å². The lowest BCUT2D eigenvalue weighted by Crippen LogP contribution is -2.43. The zero-order chi connectivity index (χ0) is 23.0. The van der Waals surface area contributed by atoms with Crippen molar-refractivity contribution in [2.24, 2.45) is 5.92 Å². The van der Waals surface area contributed by atoms with Crippen LogP contribution in [-0.2, 0) is 16.0 Å². The maximum Gasteiger partial charge on any atom is 0.340 e. The molecule has 0 saturated heterocycles. The predicted molar refractivity (Wildman–Crippen MR) is 124 cm³/mol. The summed E-state index contributed by atoms with van der Waals surface area (Å²) in [6.45, 7) is 3.88. The highest BCUT2D eigenvalue weighted by Crippen LogP contribution is 2.36. The molecule has 0 radical (unpaired) electrons. The molecule has 0 saturated carbocycles. The van der Waals surface area contributed by atoms with Crippen LogP contribution in [0.5, 0.6) is 0 Å². The number of ether oxygens (including phenoxy) is 1. The molecule has 4 rings (SSSR count). The van der Waals surface area contributed by atoms with E-state index in [2.05, 4.69) is 26.2 Å². The molecule has 9 heteroatoms. The molecule has 0 bridgehead atoms. The molecule has 32 heavy (non-hydrogen) atoms. The lowest BCUT2D eigenvalue weighted by molar-refractivity contribution is -0.117. The number of carbonyl (C=O) groups is 2. The molecule has 2 atom stereocenters. The number of anilines is 1. The second kappa shape index (κ2) is 8.74. The van der Waals surface area contributed by atoms with Gasteiger partial charge in [0.2, 0.25) is 5.91 Å². The number of nitrogens with zero attached hydrogens (tertiary/aromatic N) is 1. The predicted octanol–water partition coefficient (Wildman–Crippen LogP) is 3.39. The topological polar surface area (TPSA) is 110 Å². The fourth-order valence-corrected chi connectivity index (χ4v) is 4.80. The number of hydrogen-bond acceptors (Lipinski definition) is 5. The summed E-state index contributed by atoms with van der Waals surface area (Å²) in [5.74, 6) is -0.952. The summed E-state index contributed by atoms with van der Waals surface area (Å²) in [5, 5.41) is 2.77. The summed E-state index contributed by atoms with van der Waals surface area (Å²) in [7, 11) is 0. The van der Waals surface area contributed by atoms with Crippen LogP contribution in [0.3, 0.4) is 0 Å². The number of nitrogens with one attached hydrogen (secondary N) is 2. The summed E-state index contributed by atoms with van der Waals surface area (Å²) in [4.78, 5) is 52.9. The van der Waals surface area contributed by atoms with Crippen molar-refractivity contribution in [3.8, 4) is 0 Å². The van der Waals surface area contributed by atoms with Crippen molar-refractivity contribution in [1.82, 2.24) is 9.55 Å². The molecule has 2 aromatic carbocycles. The van der Waals surface area contributed by atoms with E-state index in [-0.39, 0.29) is 30.4 Å². The average molecular weight is 500 g/mol. The zero-order valence-corrected chi connectivity index (χ0v) is 19.2. The van der Waals surface area contributed by atoms with Crippen LogP contribution in [0, 0.1) is 5.92 Å². The largest absolute Gasteiger partial charge is 0.462 e. The molecule has 1 aliphatic heterocycles. The molecule has 2 N–H and O–H groups in total. The van der Waals surface area contributed by atoms with Crippen molar-refractivity contribution < 1.29 is 14.3 Å². The smallest absolute Gasteiger partial charge is 0.340 e. The van der Waals surface area contributed by atoms with Crippen LogP contribution in [0.4, 0.5) is 5.69 Å². The zero-order valence-electron chi connectivity index (χ0n) is 17.6. The summed E-state index contributed by atoms with van der Waals surface area (Å²) in [6.07, 6.45) is 0.630. The Kier molecular flexibility index (Phi) is 6.01. The number of aromatic amines is 1. The number of para-hydroxylation sites is 1. The molecular weight excluding hydrogens is 478 g/mol. The highest BCUT2D eigenvalue weighted by Gasteiger charge is 2.32. The molecule has 1 aromatic heterocycles. The lowest BCUT2D eigenvalue weighted by Gasteiger charge is -2.32. The second-order valence-electron chi connectivity index (χ2n) is 7.86. The maximum atomic E-state index is 13.0. The second-order valence-corrected chi connectivity index (χ2v) is 8.77. The van der Waals surface area contributed by atoms with E-state index in [9.17, 15) is 19.2 Å². The van der Waals surface area contributed by atoms with E-state index in [0.717, 1.165) is 10.0 Å². The summed E-state index contributed by atoms with van der Waals surface area (Å²) >= 11 is 3.45. The Labute approximate surface area is 191 Å². The van der Waals surface area contributed by atoms with Gasteiger partial charge >= 0.3 is 17.1 Å². The minimum Gasteiger partial charge on any atom is -0.462 e. The van der Waals surface area contributed by atoms with Crippen molar-refractivity contribution in [2.75, 3.05) is 11.9 Å². The highest BCUT2D eigenvalue weighted by atomic mass is 79.9. The monoisotopic (exact) mass is 499 g/mol. The van der Waals surface area contributed by atoms with E-state index in [1.165, 1.54) is 4.57 Å². The van der Waals surface area contributed by atoms with Gasteiger partial charge in [-0.15, -0.1) is 0 Å². The molecule has 0 unspecified atom stereocenters. The first-order valence-electron chi connectivity index (χ1n) is 10.3. The van der Waals surface area contributed by atoms with Gasteiger partial charge in [-0.05, 0) is 49.1 Å². The first-order valence-corrected chi connectivity index (χ1v) is 11.1. The maximum absolute atomic E-state index is 13.0. The molecule has 0 fully saturated rings. The third kappa shape index (κ3) is 4.00. The molecule has 3 aromatic rings. The quantitative estimate of drug-likeness (QED) is 0.412. The van der Waals surface area contributed by atoms with Crippen molar-refractivity contribution in [3.05, 3.63) is 72.7 Å². The van der Waals surface area contributed by atoms with E-state index in [4.69, 9.17) is 4.74 Å². The first kappa shape index (κ1) is 22.0. The third-order valence-electron chi connectivity index (χ3n) is 5.68. The Balaban J connectivity index is 1.69. The van der Waals surface area contributed by atoms with E-state index >= 15 is 0 Å². The Morgan fingerprint density at radius 1 is 1.25 bits per heavy atom. The van der Waals surface area contributed by atoms with Crippen LogP contribution in [-0.4, -0.2) is 28.0 Å². The number of H-pyrrole nitrogens is 1. The van der Waals surface area contributed by atoms with Crippen LogP contribution in [0.25, 0.3) is 11.0 Å². The van der Waals surface area contributed by atoms with Crippen molar-refractivity contribution >= 4 is 44.5 Å². The minimum absolute atomic E-state index is 0.0215. The van der Waals surface area contributed by atoms with Gasteiger partial charge in [0.15, 0.2) is 0 Å². The molecule has 166 valence electrons. The van der Waals surface area contributed by atoms with Crippen LogP contribution in [0.1, 0.15) is 42.2 Å². The van der Waals surface area contributed by atoms with E-state index in [1.807, 2.05) is 13.0 Å². The van der Waals surface area contributed by atoms with Gasteiger partial charge in [0.25, 0.3) is 0 Å². The number of hydrogen-bond donors (Lipinski definition) is 2. The molecule has 2 heterocycles. The van der Waals surface area contributed by atoms with Crippen molar-refractivity contribution in [3.63, 3.8) is 0 Å². The number of amides is 1. The van der Waals surface area contributed by atoms with Crippen LogP contribution < -0.4 is 16.4 Å². The van der Waals surface area contributed by atoms with Gasteiger partial charge in [-0.3, -0.25) is 19.0 Å². The number of esters is 1. The number of aromatic nitrogens is 2. The standard InChI is InChI=1S/C23H22BrN3O5/c1-3-32-23(31)15-6-4-5-7-16(15)25-19(28)11-18-12(2)8-13-9-14(24)10-17-20(13)27(18)22(30)21(29)26-17/h4-7,9-10,12,18H,3,8,11H2,1-2H3,(H,25,28)(H,26,29)/t12-,18+/m1/s1. The normalized spacial score (nSPS) is 17.2. The summed E-state index contributed by atoms with van der Waals surface area (Å²) in [5.41, 5.74) is 1.30. The van der Waals surface area contributed by atoms with Gasteiger partial charge in [0.05, 0.1) is 28.9 Å². The molecule has 1 aliphatic rings. The fraction of sp³-hybridized carbons (Fsp3) is 0.304. The Morgan fingerprint density at radius 3 is 2.75 bits per heavy atom. The Bertz CT molecular complexity index is 1340. The van der Waals surface area contributed by atoms with E-state index in [0.29, 0.717) is 23.1 Å². The van der Waals surface area contributed by atoms with Gasteiger partial charge < -0.3 is 15.0 Å². The average Bonchev–Trinajstić information content (AvgIpc) is 2.73. The van der Waals surface area contributed by atoms with Gasteiger partial charge in [-0.2, -0.15) is 0 Å². The highest BCUT2D eigenvalue weighted by molar-refractivity contribution is 9.10. The fourth-order valence-electron chi connectivity index (χ4n) is 4.29. The number of halogens is 1. The number of carbonyl (C=O) groups excluding carboxylic acids is 2. The molecule has 0 aliphatic carbocycles. The van der Waals surface area contributed by atoms with Crippen LogP contribution in [0.15, 0.2) is 50.5 Å². The van der Waals surface area contributed by atoms with Gasteiger partial charge in [-0.25, -0.2) is 4.79 Å². The van der Waals surface area contributed by atoms with Crippen LogP contribution in [0.2, 0.25) is 0 Å². The molecule has 8 nitrogen and oxygen atoms in total. The third-order valence-corrected chi connectivity index (χ3v) is 6.14. The summed E-state index contributed by atoms with van der Waals surface area (Å²) < 4.78 is 7.31. The lowest BCUT2D eigenvalue weighted by atomic mass is 9.87.